The molecular formula is C17H22N4O. The van der Waals surface area contributed by atoms with Gasteiger partial charge >= 0.3 is 0 Å². The summed E-state index contributed by atoms with van der Waals surface area (Å²) in [6.45, 7) is 5.65. The van der Waals surface area contributed by atoms with Crippen molar-refractivity contribution in [1.29, 1.82) is 0 Å². The van der Waals surface area contributed by atoms with Gasteiger partial charge in [0.05, 0.1) is 6.04 Å². The highest BCUT2D eigenvalue weighted by atomic mass is 16.2. The molecule has 0 radical (unpaired) electrons. The number of aromatic nitrogens is 3. The third kappa shape index (κ3) is 2.75. The number of piperidine rings is 1. The Morgan fingerprint density at radius 2 is 2.27 bits per heavy atom. The van der Waals surface area contributed by atoms with Crippen molar-refractivity contribution in [3.05, 3.63) is 36.4 Å². The Balaban J connectivity index is 1.91. The van der Waals surface area contributed by atoms with E-state index < -0.39 is 0 Å². The predicted octanol–water partition coefficient (Wildman–Crippen LogP) is 2.83. The summed E-state index contributed by atoms with van der Waals surface area (Å²) in [5.74, 6) is 1.19. The molecule has 1 amide bonds. The van der Waals surface area contributed by atoms with E-state index in [-0.39, 0.29) is 5.91 Å². The smallest absolute Gasteiger partial charge is 0.222 e. The summed E-state index contributed by atoms with van der Waals surface area (Å²) in [5.41, 5.74) is 2.16. The number of hydrogen-bond acceptors (Lipinski definition) is 3. The number of nitrogens with zero attached hydrogens (tertiary/aromatic N) is 4. The van der Waals surface area contributed by atoms with Gasteiger partial charge in [0, 0.05) is 49.4 Å². The maximum Gasteiger partial charge on any atom is 0.222 e. The Kier molecular flexibility index (Phi) is 4.22. The van der Waals surface area contributed by atoms with Crippen LogP contribution in [0.1, 0.15) is 37.9 Å². The van der Waals surface area contributed by atoms with E-state index in [1.807, 2.05) is 36.4 Å². The van der Waals surface area contributed by atoms with Gasteiger partial charge in [0.2, 0.25) is 5.91 Å². The number of carbonyl (C=O) groups is 1. The lowest BCUT2D eigenvalue weighted by atomic mass is 10.0. The van der Waals surface area contributed by atoms with Crippen LogP contribution in [0.2, 0.25) is 0 Å². The van der Waals surface area contributed by atoms with Gasteiger partial charge < -0.3 is 9.47 Å². The summed E-state index contributed by atoms with van der Waals surface area (Å²) in [6.07, 6.45) is 8.22. The lowest BCUT2D eigenvalue weighted by Crippen LogP contribution is -2.40. The summed E-state index contributed by atoms with van der Waals surface area (Å²) < 4.78 is 2.27. The Morgan fingerprint density at radius 1 is 1.41 bits per heavy atom. The molecule has 1 aliphatic heterocycles. The highest BCUT2D eigenvalue weighted by Crippen LogP contribution is 2.29. The van der Waals surface area contributed by atoms with Crippen LogP contribution in [0.25, 0.3) is 11.4 Å². The monoisotopic (exact) mass is 298 g/mol. The van der Waals surface area contributed by atoms with Crippen molar-refractivity contribution in [2.75, 3.05) is 13.1 Å². The van der Waals surface area contributed by atoms with Gasteiger partial charge in [0.15, 0.2) is 0 Å². The molecule has 0 aromatic carbocycles. The molecule has 1 aliphatic rings. The van der Waals surface area contributed by atoms with Crippen molar-refractivity contribution in [2.24, 2.45) is 0 Å². The van der Waals surface area contributed by atoms with Crippen LogP contribution in [0, 0.1) is 6.92 Å². The minimum atomic E-state index is 0.241. The van der Waals surface area contributed by atoms with Crippen LogP contribution in [0.3, 0.4) is 0 Å². The van der Waals surface area contributed by atoms with Gasteiger partial charge in [-0.3, -0.25) is 9.78 Å². The van der Waals surface area contributed by atoms with Gasteiger partial charge in [-0.15, -0.1) is 0 Å². The van der Waals surface area contributed by atoms with E-state index in [9.17, 15) is 4.79 Å². The Morgan fingerprint density at radius 3 is 3.00 bits per heavy atom. The van der Waals surface area contributed by atoms with Gasteiger partial charge in [0.25, 0.3) is 0 Å². The SMILES string of the molecule is CCC(=O)N1CCCC(n2c(C)cnc2-c2cccnc2)C1. The molecule has 0 saturated carbocycles. The van der Waals surface area contributed by atoms with Gasteiger partial charge in [-0.2, -0.15) is 0 Å². The Labute approximate surface area is 131 Å². The minimum absolute atomic E-state index is 0.241. The third-order valence-electron chi connectivity index (χ3n) is 4.32. The summed E-state index contributed by atoms with van der Waals surface area (Å²) in [7, 11) is 0. The van der Waals surface area contributed by atoms with E-state index >= 15 is 0 Å². The van der Waals surface area contributed by atoms with Crippen LogP contribution in [0.15, 0.2) is 30.7 Å². The zero-order valence-electron chi connectivity index (χ0n) is 13.2. The second-order valence-corrected chi connectivity index (χ2v) is 5.82. The van der Waals surface area contributed by atoms with Crippen molar-refractivity contribution in [3.63, 3.8) is 0 Å². The molecule has 5 heteroatoms. The molecule has 1 unspecified atom stereocenters. The second kappa shape index (κ2) is 6.30. The number of rotatable bonds is 3. The van der Waals surface area contributed by atoms with Crippen LogP contribution in [0.5, 0.6) is 0 Å². The predicted molar refractivity (Wildman–Crippen MR) is 85.3 cm³/mol. The average Bonchev–Trinajstić information content (AvgIpc) is 2.96. The Bertz CT molecular complexity index is 650. The maximum absolute atomic E-state index is 12.0. The van der Waals surface area contributed by atoms with Crippen LogP contribution in [0.4, 0.5) is 0 Å². The molecule has 3 rings (SSSR count). The van der Waals surface area contributed by atoms with E-state index in [0.717, 1.165) is 43.0 Å². The fourth-order valence-corrected chi connectivity index (χ4v) is 3.23. The molecule has 2 aromatic rings. The number of aryl methyl sites for hydroxylation is 1. The standard InChI is InChI=1S/C17H22N4O/c1-3-16(22)20-9-5-7-15(12-20)21-13(2)10-19-17(21)14-6-4-8-18-11-14/h4,6,8,10-11,15H,3,5,7,9,12H2,1-2H3. The normalized spacial score (nSPS) is 18.5. The minimum Gasteiger partial charge on any atom is -0.341 e. The molecule has 2 aromatic heterocycles. The molecule has 0 spiro atoms. The van der Waals surface area contributed by atoms with E-state index in [4.69, 9.17) is 0 Å². The molecule has 1 fully saturated rings. The van der Waals surface area contributed by atoms with Gasteiger partial charge in [0.1, 0.15) is 5.82 Å². The van der Waals surface area contributed by atoms with Gasteiger partial charge in [-0.25, -0.2) is 4.98 Å². The van der Waals surface area contributed by atoms with Crippen molar-refractivity contribution in [2.45, 2.75) is 39.2 Å². The Hall–Kier alpha value is -2.17. The van der Waals surface area contributed by atoms with Crippen molar-refractivity contribution < 1.29 is 4.79 Å². The van der Waals surface area contributed by atoms with Crippen LogP contribution in [-0.2, 0) is 4.79 Å². The first-order chi connectivity index (χ1) is 10.7. The number of amides is 1. The zero-order chi connectivity index (χ0) is 15.5. The van der Waals surface area contributed by atoms with E-state index in [1.165, 1.54) is 0 Å². The first kappa shape index (κ1) is 14.8. The van der Waals surface area contributed by atoms with Crippen molar-refractivity contribution >= 4 is 5.91 Å². The first-order valence-electron chi connectivity index (χ1n) is 7.92. The molecule has 0 aliphatic carbocycles. The summed E-state index contributed by atoms with van der Waals surface area (Å²) in [5, 5.41) is 0. The number of carbonyl (C=O) groups excluding carboxylic acids is 1. The summed E-state index contributed by atoms with van der Waals surface area (Å²) in [6, 6.07) is 4.25. The fraction of sp³-hybridized carbons (Fsp3) is 0.471. The molecule has 1 saturated heterocycles. The van der Waals surface area contributed by atoms with Crippen LogP contribution < -0.4 is 0 Å². The van der Waals surface area contributed by atoms with Gasteiger partial charge in [-0.1, -0.05) is 6.92 Å². The first-order valence-corrected chi connectivity index (χ1v) is 7.92. The number of hydrogen-bond donors (Lipinski definition) is 0. The van der Waals surface area contributed by atoms with Crippen molar-refractivity contribution in [3.8, 4) is 11.4 Å². The van der Waals surface area contributed by atoms with Crippen molar-refractivity contribution in [1.82, 2.24) is 19.4 Å². The molecule has 3 heterocycles. The third-order valence-corrected chi connectivity index (χ3v) is 4.32. The summed E-state index contributed by atoms with van der Waals surface area (Å²) >= 11 is 0. The second-order valence-electron chi connectivity index (χ2n) is 5.82. The molecule has 1 atom stereocenters. The summed E-state index contributed by atoms with van der Waals surface area (Å²) in [4.78, 5) is 22.8. The highest BCUT2D eigenvalue weighted by molar-refractivity contribution is 5.75. The van der Waals surface area contributed by atoms with E-state index in [0.29, 0.717) is 12.5 Å². The number of pyridine rings is 1. The largest absolute Gasteiger partial charge is 0.341 e. The highest BCUT2D eigenvalue weighted by Gasteiger charge is 2.26. The lowest BCUT2D eigenvalue weighted by Gasteiger charge is -2.34. The maximum atomic E-state index is 12.0. The molecule has 22 heavy (non-hydrogen) atoms. The molecule has 116 valence electrons. The molecule has 5 nitrogen and oxygen atoms in total. The molecule has 0 N–H and O–H groups in total. The van der Waals surface area contributed by atoms with Crippen LogP contribution >= 0.6 is 0 Å². The quantitative estimate of drug-likeness (QED) is 0.875. The molecule has 0 bridgehead atoms. The van der Waals surface area contributed by atoms with E-state index in [1.54, 1.807) is 6.20 Å². The molecular weight excluding hydrogens is 276 g/mol. The number of likely N-dealkylation sites (tertiary alicyclic amines) is 1. The van der Waals surface area contributed by atoms with Gasteiger partial charge in [-0.05, 0) is 31.9 Å². The lowest BCUT2D eigenvalue weighted by molar-refractivity contribution is -0.132. The van der Waals surface area contributed by atoms with Crippen LogP contribution in [-0.4, -0.2) is 38.4 Å². The number of imidazole rings is 1. The van der Waals surface area contributed by atoms with E-state index in [2.05, 4.69) is 21.5 Å². The average molecular weight is 298 g/mol. The fourth-order valence-electron chi connectivity index (χ4n) is 3.23. The zero-order valence-corrected chi connectivity index (χ0v) is 13.2. The topological polar surface area (TPSA) is 51.0 Å².